The van der Waals surface area contributed by atoms with Gasteiger partial charge in [0.15, 0.2) is 0 Å². The molecule has 1 heterocycles. The molecule has 3 atom stereocenters. The Hall–Kier alpha value is -0.900. The molecule has 4 heteroatoms. The molecule has 1 aliphatic carbocycles. The van der Waals surface area contributed by atoms with Gasteiger partial charge in [0.25, 0.3) is 0 Å². The Kier molecular flexibility index (Phi) is 3.52. The predicted octanol–water partition coefficient (Wildman–Crippen LogP) is 2.03. The van der Waals surface area contributed by atoms with Gasteiger partial charge >= 0.3 is 0 Å². The van der Waals surface area contributed by atoms with E-state index in [4.69, 9.17) is 0 Å². The maximum atomic E-state index is 10.8. The van der Waals surface area contributed by atoms with Crippen molar-refractivity contribution in [1.82, 2.24) is 14.8 Å². The van der Waals surface area contributed by atoms with E-state index in [2.05, 4.69) is 30.9 Å². The van der Waals surface area contributed by atoms with Crippen LogP contribution in [0.3, 0.4) is 0 Å². The molecule has 0 radical (unpaired) electrons. The first-order valence-corrected chi connectivity index (χ1v) is 6.66. The fourth-order valence-electron chi connectivity index (χ4n) is 2.95. The summed E-state index contributed by atoms with van der Waals surface area (Å²) >= 11 is 0. The number of hydrogen-bond donors (Lipinski definition) is 1. The topological polar surface area (TPSA) is 50.9 Å². The fourth-order valence-corrected chi connectivity index (χ4v) is 2.95. The molecule has 17 heavy (non-hydrogen) atoms. The van der Waals surface area contributed by atoms with Gasteiger partial charge in [-0.1, -0.05) is 26.7 Å². The molecule has 3 unspecified atom stereocenters. The molecule has 1 aromatic heterocycles. The van der Waals surface area contributed by atoms with E-state index in [0.29, 0.717) is 18.3 Å². The third-order valence-corrected chi connectivity index (χ3v) is 4.43. The number of aryl methyl sites for hydroxylation is 1. The quantitative estimate of drug-likeness (QED) is 0.875. The first-order valence-electron chi connectivity index (χ1n) is 6.66. The Morgan fingerprint density at radius 3 is 3.00 bits per heavy atom. The molecule has 96 valence electrons. The van der Waals surface area contributed by atoms with Crippen LogP contribution in [0.1, 0.15) is 45.9 Å². The molecule has 1 aromatic rings. The van der Waals surface area contributed by atoms with Crippen LogP contribution in [0.15, 0.2) is 6.33 Å². The number of rotatable bonds is 3. The van der Waals surface area contributed by atoms with Gasteiger partial charge in [-0.25, -0.2) is 4.98 Å². The zero-order valence-electron chi connectivity index (χ0n) is 11.1. The SMILES string of the molecule is CCn1ncnc1CC1(O)CCCC(C)C1C. The number of nitrogens with zero attached hydrogens (tertiary/aromatic N) is 3. The first-order chi connectivity index (χ1) is 8.07. The lowest BCUT2D eigenvalue weighted by molar-refractivity contribution is -0.0640. The Labute approximate surface area is 103 Å². The second kappa shape index (κ2) is 4.77. The van der Waals surface area contributed by atoms with Crippen molar-refractivity contribution in [3.63, 3.8) is 0 Å². The van der Waals surface area contributed by atoms with Crippen molar-refractivity contribution < 1.29 is 5.11 Å². The number of aromatic nitrogens is 3. The van der Waals surface area contributed by atoms with E-state index in [9.17, 15) is 5.11 Å². The standard InChI is InChI=1S/C13H23N3O/c1-4-16-12(14-9-15-16)8-13(17)7-5-6-10(2)11(13)3/h9-11,17H,4-8H2,1-3H3. The van der Waals surface area contributed by atoms with Crippen LogP contribution in [0.25, 0.3) is 0 Å². The highest BCUT2D eigenvalue weighted by atomic mass is 16.3. The normalized spacial score (nSPS) is 33.9. The summed E-state index contributed by atoms with van der Waals surface area (Å²) in [7, 11) is 0. The Bertz CT molecular complexity index is 376. The second-order valence-electron chi connectivity index (χ2n) is 5.43. The minimum Gasteiger partial charge on any atom is -0.389 e. The second-order valence-corrected chi connectivity index (χ2v) is 5.43. The van der Waals surface area contributed by atoms with E-state index in [1.807, 2.05) is 4.68 Å². The molecule has 0 bridgehead atoms. The molecule has 0 amide bonds. The Morgan fingerprint density at radius 1 is 1.53 bits per heavy atom. The van der Waals surface area contributed by atoms with E-state index in [-0.39, 0.29) is 0 Å². The predicted molar refractivity (Wildman–Crippen MR) is 66.5 cm³/mol. The Balaban J connectivity index is 2.16. The molecular weight excluding hydrogens is 214 g/mol. The molecule has 0 aromatic carbocycles. The molecule has 0 saturated heterocycles. The highest BCUT2D eigenvalue weighted by Crippen LogP contribution is 2.39. The van der Waals surface area contributed by atoms with Gasteiger partial charge in [0.05, 0.1) is 5.60 Å². The molecule has 0 aliphatic heterocycles. The summed E-state index contributed by atoms with van der Waals surface area (Å²) in [4.78, 5) is 4.28. The minimum absolute atomic E-state index is 0.332. The third kappa shape index (κ3) is 2.37. The highest BCUT2D eigenvalue weighted by Gasteiger charge is 2.40. The fraction of sp³-hybridized carbons (Fsp3) is 0.846. The molecule has 1 aliphatic rings. The Morgan fingerprint density at radius 2 is 2.29 bits per heavy atom. The lowest BCUT2D eigenvalue weighted by Gasteiger charge is -2.41. The van der Waals surface area contributed by atoms with Crippen molar-refractivity contribution in [2.24, 2.45) is 11.8 Å². The summed E-state index contributed by atoms with van der Waals surface area (Å²) in [5.74, 6) is 1.83. The summed E-state index contributed by atoms with van der Waals surface area (Å²) in [6, 6.07) is 0. The zero-order chi connectivity index (χ0) is 12.5. The van der Waals surface area contributed by atoms with Crippen molar-refractivity contribution >= 4 is 0 Å². The van der Waals surface area contributed by atoms with E-state index < -0.39 is 5.60 Å². The van der Waals surface area contributed by atoms with Crippen LogP contribution in [0.5, 0.6) is 0 Å². The monoisotopic (exact) mass is 237 g/mol. The summed E-state index contributed by atoms with van der Waals surface area (Å²) in [5.41, 5.74) is -0.600. The van der Waals surface area contributed by atoms with Gasteiger partial charge < -0.3 is 5.11 Å². The zero-order valence-corrected chi connectivity index (χ0v) is 11.1. The maximum Gasteiger partial charge on any atom is 0.138 e. The smallest absolute Gasteiger partial charge is 0.138 e. The van der Waals surface area contributed by atoms with Crippen molar-refractivity contribution in [1.29, 1.82) is 0 Å². The van der Waals surface area contributed by atoms with E-state index in [0.717, 1.165) is 25.2 Å². The molecule has 1 saturated carbocycles. The van der Waals surface area contributed by atoms with Gasteiger partial charge in [-0.05, 0) is 25.2 Å². The van der Waals surface area contributed by atoms with Crippen LogP contribution in [-0.4, -0.2) is 25.5 Å². The van der Waals surface area contributed by atoms with Crippen LogP contribution in [0.2, 0.25) is 0 Å². The van der Waals surface area contributed by atoms with Crippen LogP contribution < -0.4 is 0 Å². The van der Waals surface area contributed by atoms with Gasteiger partial charge in [0, 0.05) is 13.0 Å². The largest absolute Gasteiger partial charge is 0.389 e. The summed E-state index contributed by atoms with van der Waals surface area (Å²) in [6.45, 7) is 7.26. The molecule has 1 fully saturated rings. The summed E-state index contributed by atoms with van der Waals surface area (Å²) < 4.78 is 1.88. The van der Waals surface area contributed by atoms with Crippen molar-refractivity contribution in [3.05, 3.63) is 12.2 Å². The summed E-state index contributed by atoms with van der Waals surface area (Å²) in [5, 5.41) is 15.0. The van der Waals surface area contributed by atoms with E-state index in [1.165, 1.54) is 6.42 Å². The average molecular weight is 237 g/mol. The molecule has 2 rings (SSSR count). The lowest BCUT2D eigenvalue weighted by atomic mass is 9.69. The van der Waals surface area contributed by atoms with Crippen LogP contribution >= 0.6 is 0 Å². The van der Waals surface area contributed by atoms with E-state index >= 15 is 0 Å². The van der Waals surface area contributed by atoms with Gasteiger partial charge in [-0.3, -0.25) is 4.68 Å². The van der Waals surface area contributed by atoms with Gasteiger partial charge in [0.2, 0.25) is 0 Å². The van der Waals surface area contributed by atoms with E-state index in [1.54, 1.807) is 6.33 Å². The van der Waals surface area contributed by atoms with Crippen molar-refractivity contribution in [2.45, 2.75) is 58.6 Å². The lowest BCUT2D eigenvalue weighted by Crippen LogP contribution is -2.45. The number of hydrogen-bond acceptors (Lipinski definition) is 3. The first kappa shape index (κ1) is 12.6. The minimum atomic E-state index is -0.600. The molecule has 0 spiro atoms. The van der Waals surface area contributed by atoms with Gasteiger partial charge in [-0.15, -0.1) is 0 Å². The van der Waals surface area contributed by atoms with Gasteiger partial charge in [-0.2, -0.15) is 5.10 Å². The molecular formula is C13H23N3O. The summed E-state index contributed by atoms with van der Waals surface area (Å²) in [6.07, 6.45) is 5.44. The van der Waals surface area contributed by atoms with Crippen molar-refractivity contribution in [3.8, 4) is 0 Å². The average Bonchev–Trinajstić information content (AvgIpc) is 2.73. The molecule has 1 N–H and O–H groups in total. The molecule has 4 nitrogen and oxygen atoms in total. The van der Waals surface area contributed by atoms with Gasteiger partial charge in [0.1, 0.15) is 12.2 Å². The highest BCUT2D eigenvalue weighted by molar-refractivity contribution is 5.00. The van der Waals surface area contributed by atoms with Crippen molar-refractivity contribution in [2.75, 3.05) is 0 Å². The van der Waals surface area contributed by atoms with Crippen LogP contribution in [-0.2, 0) is 13.0 Å². The third-order valence-electron chi connectivity index (χ3n) is 4.43. The van der Waals surface area contributed by atoms with Crippen LogP contribution in [0.4, 0.5) is 0 Å². The van der Waals surface area contributed by atoms with Crippen LogP contribution in [0, 0.1) is 11.8 Å². The number of aliphatic hydroxyl groups is 1. The maximum absolute atomic E-state index is 10.8.